The highest BCUT2D eigenvalue weighted by molar-refractivity contribution is 5.93. The molecule has 1 amide bonds. The molecule has 2 rings (SSSR count). The van der Waals surface area contributed by atoms with Crippen LogP contribution in [-0.2, 0) is 4.74 Å². The quantitative estimate of drug-likeness (QED) is 0.622. The van der Waals surface area contributed by atoms with Crippen LogP contribution in [-0.4, -0.2) is 45.5 Å². The van der Waals surface area contributed by atoms with Gasteiger partial charge >= 0.3 is 0 Å². The fourth-order valence-electron chi connectivity index (χ4n) is 2.90. The van der Waals surface area contributed by atoms with Crippen molar-refractivity contribution in [2.45, 2.75) is 59.8 Å². The second kappa shape index (κ2) is 10.2. The van der Waals surface area contributed by atoms with Gasteiger partial charge in [0, 0.05) is 25.8 Å². The summed E-state index contributed by atoms with van der Waals surface area (Å²) < 4.78 is 7.42. The molecule has 0 radical (unpaired) electrons. The minimum atomic E-state index is -0.223. The number of rotatable bonds is 11. The second-order valence-corrected chi connectivity index (χ2v) is 6.79. The van der Waals surface area contributed by atoms with Crippen LogP contribution in [0, 0.1) is 19.8 Å². The van der Waals surface area contributed by atoms with Crippen LogP contribution < -0.4 is 5.32 Å². The van der Waals surface area contributed by atoms with E-state index >= 15 is 0 Å². The number of amides is 1. The summed E-state index contributed by atoms with van der Waals surface area (Å²) >= 11 is 0. The molecule has 0 aliphatic carbocycles. The summed E-state index contributed by atoms with van der Waals surface area (Å²) in [6, 6.07) is 1.84. The lowest BCUT2D eigenvalue weighted by atomic mass is 10.0. The van der Waals surface area contributed by atoms with Crippen LogP contribution in [0.5, 0.6) is 0 Å². The molecule has 2 aromatic heterocycles. The Balaban J connectivity index is 1.73. The normalized spacial score (nSPS) is 12.5. The fourth-order valence-corrected chi connectivity index (χ4v) is 2.90. The second-order valence-electron chi connectivity index (χ2n) is 6.79. The van der Waals surface area contributed by atoms with E-state index in [1.54, 1.807) is 4.52 Å². The molecule has 0 aliphatic heterocycles. The topological polar surface area (TPSA) is 81.4 Å². The molecule has 7 heteroatoms. The molecule has 2 heterocycles. The number of aromatic nitrogens is 4. The number of carbonyl (C=O) groups is 1. The van der Waals surface area contributed by atoms with Gasteiger partial charge in [0.25, 0.3) is 5.91 Å². The van der Waals surface area contributed by atoms with Crippen LogP contribution >= 0.6 is 0 Å². The molecule has 0 saturated heterocycles. The Morgan fingerprint density at radius 2 is 2.08 bits per heavy atom. The first-order valence-corrected chi connectivity index (χ1v) is 9.62. The van der Waals surface area contributed by atoms with Crippen molar-refractivity contribution in [3.8, 4) is 0 Å². The first kappa shape index (κ1) is 20.3. The number of fused-ring (bicyclic) bond motifs is 1. The molecule has 1 N–H and O–H groups in total. The third-order valence-corrected chi connectivity index (χ3v) is 4.59. The molecule has 26 heavy (non-hydrogen) atoms. The molecule has 0 bridgehead atoms. The van der Waals surface area contributed by atoms with Gasteiger partial charge in [-0.15, -0.1) is 10.2 Å². The number of carbonyl (C=O) groups excluding carboxylic acids is 1. The molecule has 0 saturated carbocycles. The van der Waals surface area contributed by atoms with Crippen LogP contribution in [0.15, 0.2) is 6.07 Å². The Kier molecular flexibility index (Phi) is 7.97. The third kappa shape index (κ3) is 5.49. The third-order valence-electron chi connectivity index (χ3n) is 4.59. The molecule has 2 aromatic rings. The summed E-state index contributed by atoms with van der Waals surface area (Å²) in [5.41, 5.74) is 2.51. The van der Waals surface area contributed by atoms with E-state index in [9.17, 15) is 4.79 Å². The number of ether oxygens (including phenoxy) is 1. The number of nitrogens with zero attached hydrogens (tertiary/aromatic N) is 4. The minimum Gasteiger partial charge on any atom is -0.381 e. The lowest BCUT2D eigenvalue weighted by molar-refractivity contribution is 0.0872. The number of unbranched alkanes of at least 4 members (excludes halogenated alkanes) is 1. The largest absolute Gasteiger partial charge is 0.381 e. The van der Waals surface area contributed by atoms with Gasteiger partial charge in [-0.3, -0.25) is 4.79 Å². The average molecular weight is 361 g/mol. The minimum absolute atomic E-state index is 0.223. The summed E-state index contributed by atoms with van der Waals surface area (Å²) in [5.74, 6) is 0.422. The van der Waals surface area contributed by atoms with Crippen molar-refractivity contribution in [2.75, 3.05) is 19.8 Å². The highest BCUT2D eigenvalue weighted by atomic mass is 16.5. The Labute approximate surface area is 155 Å². The summed E-state index contributed by atoms with van der Waals surface area (Å²) in [7, 11) is 0. The van der Waals surface area contributed by atoms with E-state index in [1.807, 2.05) is 19.9 Å². The molecule has 7 nitrogen and oxygen atoms in total. The Bertz CT molecular complexity index is 713. The van der Waals surface area contributed by atoms with E-state index in [0.29, 0.717) is 36.1 Å². The van der Waals surface area contributed by atoms with Crippen molar-refractivity contribution >= 4 is 11.6 Å². The summed E-state index contributed by atoms with van der Waals surface area (Å²) in [4.78, 5) is 12.3. The van der Waals surface area contributed by atoms with Gasteiger partial charge in [0.05, 0.1) is 11.4 Å². The predicted molar refractivity (Wildman–Crippen MR) is 101 cm³/mol. The molecular weight excluding hydrogens is 330 g/mol. The summed E-state index contributed by atoms with van der Waals surface area (Å²) in [6.07, 6.45) is 5.67. The van der Waals surface area contributed by atoms with Gasteiger partial charge in [0.15, 0.2) is 11.3 Å². The van der Waals surface area contributed by atoms with Crippen LogP contribution in [0.1, 0.15) is 67.8 Å². The Morgan fingerprint density at radius 3 is 2.81 bits per heavy atom. The smallest absolute Gasteiger partial charge is 0.273 e. The zero-order chi connectivity index (χ0) is 18.9. The van der Waals surface area contributed by atoms with E-state index < -0.39 is 0 Å². The van der Waals surface area contributed by atoms with Crippen molar-refractivity contribution in [3.05, 3.63) is 23.1 Å². The van der Waals surface area contributed by atoms with E-state index in [-0.39, 0.29) is 5.91 Å². The first-order valence-electron chi connectivity index (χ1n) is 9.62. The van der Waals surface area contributed by atoms with Gasteiger partial charge in [-0.05, 0) is 32.6 Å². The first-order chi connectivity index (χ1) is 12.6. The number of hydrogen-bond donors (Lipinski definition) is 1. The zero-order valence-corrected chi connectivity index (χ0v) is 16.4. The van der Waals surface area contributed by atoms with Gasteiger partial charge in [0.1, 0.15) is 0 Å². The standard InChI is InChI=1S/C19H31N5O2/c1-5-7-9-16(6-2)13-26-11-8-10-20-19(25)18-15(4)24-17(21-22-18)12-14(3)23-24/h12,16H,5-11,13H2,1-4H3,(H,20,25). The summed E-state index contributed by atoms with van der Waals surface area (Å²) in [6.45, 7) is 10.2. The summed E-state index contributed by atoms with van der Waals surface area (Å²) in [5, 5.41) is 15.3. The van der Waals surface area contributed by atoms with Crippen molar-refractivity contribution in [1.29, 1.82) is 0 Å². The van der Waals surface area contributed by atoms with Crippen molar-refractivity contribution in [3.63, 3.8) is 0 Å². The van der Waals surface area contributed by atoms with Crippen LogP contribution in [0.4, 0.5) is 0 Å². The van der Waals surface area contributed by atoms with E-state index in [0.717, 1.165) is 25.1 Å². The fraction of sp³-hybridized carbons (Fsp3) is 0.684. The molecule has 0 spiro atoms. The van der Waals surface area contributed by atoms with Crippen molar-refractivity contribution in [1.82, 2.24) is 25.1 Å². The van der Waals surface area contributed by atoms with Crippen LogP contribution in [0.2, 0.25) is 0 Å². The van der Waals surface area contributed by atoms with Gasteiger partial charge in [-0.2, -0.15) is 5.10 Å². The molecular formula is C19H31N5O2. The van der Waals surface area contributed by atoms with Crippen LogP contribution in [0.3, 0.4) is 0 Å². The van der Waals surface area contributed by atoms with E-state index in [2.05, 4.69) is 34.5 Å². The monoisotopic (exact) mass is 361 g/mol. The lowest BCUT2D eigenvalue weighted by Gasteiger charge is -2.14. The predicted octanol–water partition coefficient (Wildman–Crippen LogP) is 3.09. The van der Waals surface area contributed by atoms with Gasteiger partial charge in [0.2, 0.25) is 0 Å². The van der Waals surface area contributed by atoms with Gasteiger partial charge < -0.3 is 10.1 Å². The highest BCUT2D eigenvalue weighted by Gasteiger charge is 2.15. The maximum absolute atomic E-state index is 12.3. The zero-order valence-electron chi connectivity index (χ0n) is 16.4. The maximum atomic E-state index is 12.3. The molecule has 144 valence electrons. The number of nitrogens with one attached hydrogen (secondary N) is 1. The van der Waals surface area contributed by atoms with Gasteiger partial charge in [-0.25, -0.2) is 4.52 Å². The van der Waals surface area contributed by atoms with Crippen molar-refractivity contribution in [2.24, 2.45) is 5.92 Å². The molecule has 0 aliphatic rings. The molecule has 0 fully saturated rings. The number of aryl methyl sites for hydroxylation is 2. The number of hydrogen-bond acceptors (Lipinski definition) is 5. The average Bonchev–Trinajstić information content (AvgIpc) is 3.02. The van der Waals surface area contributed by atoms with Crippen LogP contribution in [0.25, 0.3) is 5.65 Å². The molecule has 1 atom stereocenters. The molecule has 0 aromatic carbocycles. The van der Waals surface area contributed by atoms with E-state index in [4.69, 9.17) is 4.74 Å². The van der Waals surface area contributed by atoms with Gasteiger partial charge in [-0.1, -0.05) is 33.1 Å². The lowest BCUT2D eigenvalue weighted by Crippen LogP contribution is -2.28. The highest BCUT2D eigenvalue weighted by Crippen LogP contribution is 2.13. The maximum Gasteiger partial charge on any atom is 0.273 e. The Morgan fingerprint density at radius 1 is 1.27 bits per heavy atom. The van der Waals surface area contributed by atoms with E-state index in [1.165, 1.54) is 19.3 Å². The van der Waals surface area contributed by atoms with Crippen molar-refractivity contribution < 1.29 is 9.53 Å². The molecule has 1 unspecified atom stereocenters. The Hall–Kier alpha value is -2.02. The SMILES string of the molecule is CCCCC(CC)COCCCNC(=O)c1nnc2cc(C)nn2c1C.